The van der Waals surface area contributed by atoms with Gasteiger partial charge in [0.1, 0.15) is 23.8 Å². The van der Waals surface area contributed by atoms with Crippen LogP contribution in [-0.2, 0) is 9.47 Å². The van der Waals surface area contributed by atoms with E-state index < -0.39 is 6.10 Å². The van der Waals surface area contributed by atoms with Gasteiger partial charge in [-0.3, -0.25) is 0 Å². The van der Waals surface area contributed by atoms with Gasteiger partial charge in [-0.2, -0.15) is 0 Å². The van der Waals surface area contributed by atoms with Crippen LogP contribution < -0.4 is 4.74 Å². The monoisotopic (exact) mass is 450 g/mol. The molecule has 7 heteroatoms. The first kappa shape index (κ1) is 23.2. The number of aliphatic hydroxyl groups is 2. The summed E-state index contributed by atoms with van der Waals surface area (Å²) < 4.78 is 18.6. The molecule has 4 atom stereocenters. The van der Waals surface area contributed by atoms with Crippen molar-refractivity contribution in [2.75, 3.05) is 26.9 Å². The van der Waals surface area contributed by atoms with Crippen molar-refractivity contribution in [3.05, 3.63) is 78.4 Å². The second kappa shape index (κ2) is 10.8. The van der Waals surface area contributed by atoms with Gasteiger partial charge < -0.3 is 29.0 Å². The number of hydrogen-bond acceptors (Lipinski definition) is 6. The topological polar surface area (TPSA) is 86.0 Å². The number of aliphatic hydroxyl groups excluding tert-OH is 2. The largest absolute Gasteiger partial charge is 0.485 e. The second-order valence-electron chi connectivity index (χ2n) is 8.09. The Hall–Kier alpha value is -2.97. The maximum absolute atomic E-state index is 9.86. The number of rotatable bonds is 9. The van der Waals surface area contributed by atoms with Crippen molar-refractivity contribution >= 4 is 6.08 Å². The van der Waals surface area contributed by atoms with Crippen LogP contribution in [0.4, 0.5) is 0 Å². The van der Waals surface area contributed by atoms with Crippen molar-refractivity contribution in [3.8, 4) is 16.9 Å². The zero-order chi connectivity index (χ0) is 23.2. The van der Waals surface area contributed by atoms with Gasteiger partial charge in [-0.1, -0.05) is 48.6 Å². The number of aromatic nitrogens is 2. The van der Waals surface area contributed by atoms with Gasteiger partial charge in [0.25, 0.3) is 0 Å². The molecule has 0 radical (unpaired) electrons. The van der Waals surface area contributed by atoms with E-state index in [1.54, 1.807) is 31.0 Å². The highest BCUT2D eigenvalue weighted by Gasteiger charge is 2.29. The van der Waals surface area contributed by atoms with Gasteiger partial charge in [-0.05, 0) is 35.7 Å². The lowest BCUT2D eigenvalue weighted by Gasteiger charge is -2.18. The number of nitrogens with zero attached hydrogens (tertiary/aromatic N) is 2. The molecular weight excluding hydrogens is 420 g/mol. The lowest BCUT2D eigenvalue weighted by molar-refractivity contribution is 0.0326. The predicted octanol–water partition coefficient (Wildman–Crippen LogP) is 3.64. The third kappa shape index (κ3) is 5.51. The maximum Gasteiger partial charge on any atom is 0.150 e. The molecule has 1 aliphatic heterocycles. The van der Waals surface area contributed by atoms with E-state index in [4.69, 9.17) is 14.2 Å². The summed E-state index contributed by atoms with van der Waals surface area (Å²) in [5, 5.41) is 19.7. The van der Waals surface area contributed by atoms with Crippen molar-refractivity contribution in [2.45, 2.75) is 31.3 Å². The highest BCUT2D eigenvalue weighted by atomic mass is 16.6. The van der Waals surface area contributed by atoms with E-state index in [2.05, 4.69) is 17.1 Å². The molecule has 33 heavy (non-hydrogen) atoms. The Morgan fingerprint density at radius 2 is 1.76 bits per heavy atom. The van der Waals surface area contributed by atoms with Crippen LogP contribution in [0, 0.1) is 0 Å². The summed E-state index contributed by atoms with van der Waals surface area (Å²) in [6, 6.07) is 15.9. The molecule has 3 aromatic rings. The van der Waals surface area contributed by atoms with Gasteiger partial charge in [0.15, 0.2) is 6.10 Å². The summed E-state index contributed by atoms with van der Waals surface area (Å²) in [7, 11) is 1.67. The molecule has 0 amide bonds. The molecule has 2 N–H and O–H groups in total. The molecule has 1 unspecified atom stereocenters. The Morgan fingerprint density at radius 3 is 2.39 bits per heavy atom. The minimum Gasteiger partial charge on any atom is -0.485 e. The van der Waals surface area contributed by atoms with E-state index in [9.17, 15) is 10.2 Å². The fraction of sp³-hybridized carbons (Fsp3) is 0.346. The molecule has 1 aliphatic rings. The quantitative estimate of drug-likeness (QED) is 0.518. The van der Waals surface area contributed by atoms with Gasteiger partial charge >= 0.3 is 0 Å². The lowest BCUT2D eigenvalue weighted by Crippen LogP contribution is -2.31. The van der Waals surface area contributed by atoms with E-state index in [1.807, 2.05) is 48.6 Å². The average Bonchev–Trinajstić information content (AvgIpc) is 3.50. The van der Waals surface area contributed by atoms with Crippen molar-refractivity contribution in [3.63, 3.8) is 0 Å². The number of imidazole rings is 1. The number of ether oxygens (including phenoxy) is 3. The fourth-order valence-electron chi connectivity index (χ4n) is 3.92. The standard InChI is InChI=1S/C26H30N2O5/c1-18(30)26-27-13-14-28(26)22(15-29)10-5-19-3-6-20(7-4-19)21-8-11-23(12-9-21)33-25-17-32-16-24(25)31-2/h3-14,18,22,24-25,29-30H,15-17H2,1-2H3/b10-5+/t18-,22-,24+,25?/m0/s1. The molecule has 1 fully saturated rings. The molecule has 2 heterocycles. The van der Waals surface area contributed by atoms with E-state index in [0.717, 1.165) is 22.4 Å². The number of methoxy groups -OCH3 is 1. The summed E-state index contributed by atoms with van der Waals surface area (Å²) in [6.07, 6.45) is 6.43. The van der Waals surface area contributed by atoms with Gasteiger partial charge in [0.05, 0.1) is 25.9 Å². The zero-order valence-corrected chi connectivity index (χ0v) is 18.9. The van der Waals surface area contributed by atoms with Crippen molar-refractivity contribution in [1.29, 1.82) is 0 Å². The first-order chi connectivity index (χ1) is 16.1. The molecule has 0 saturated carbocycles. The van der Waals surface area contributed by atoms with E-state index in [-0.39, 0.29) is 24.9 Å². The Morgan fingerprint density at radius 1 is 1.09 bits per heavy atom. The minimum atomic E-state index is -0.702. The normalized spacial score (nSPS) is 20.2. The molecule has 1 saturated heterocycles. The molecule has 174 valence electrons. The minimum absolute atomic E-state index is 0.0388. The number of hydrogen-bond donors (Lipinski definition) is 2. The molecule has 7 nitrogen and oxygen atoms in total. The summed E-state index contributed by atoms with van der Waals surface area (Å²) >= 11 is 0. The molecule has 0 aliphatic carbocycles. The molecular formula is C26H30N2O5. The average molecular weight is 451 g/mol. The summed E-state index contributed by atoms with van der Waals surface area (Å²) in [5.41, 5.74) is 3.21. The van der Waals surface area contributed by atoms with Gasteiger partial charge in [-0.15, -0.1) is 0 Å². The Balaban J connectivity index is 1.41. The Labute approximate surface area is 193 Å². The Bertz CT molecular complexity index is 1040. The molecule has 2 aromatic carbocycles. The van der Waals surface area contributed by atoms with E-state index >= 15 is 0 Å². The van der Waals surface area contributed by atoms with E-state index in [1.165, 1.54) is 0 Å². The van der Waals surface area contributed by atoms with Crippen LogP contribution in [0.3, 0.4) is 0 Å². The smallest absolute Gasteiger partial charge is 0.150 e. The van der Waals surface area contributed by atoms with Crippen molar-refractivity contribution in [1.82, 2.24) is 9.55 Å². The first-order valence-electron chi connectivity index (χ1n) is 11.1. The van der Waals surface area contributed by atoms with Crippen LogP contribution in [0.1, 0.15) is 30.5 Å². The van der Waals surface area contributed by atoms with Crippen molar-refractivity contribution < 1.29 is 24.4 Å². The van der Waals surface area contributed by atoms with Crippen LogP contribution in [0.5, 0.6) is 5.75 Å². The van der Waals surface area contributed by atoms with Gasteiger partial charge in [0, 0.05) is 19.5 Å². The SMILES string of the molecule is CO[C@@H]1COCC1Oc1ccc(-c2ccc(/C=C/[C@@H](CO)n3ccnc3[C@H](C)O)cc2)cc1. The third-order valence-electron chi connectivity index (χ3n) is 5.79. The molecule has 4 rings (SSSR count). The third-order valence-corrected chi connectivity index (χ3v) is 5.79. The molecule has 0 spiro atoms. The van der Waals surface area contributed by atoms with Gasteiger partial charge in [-0.25, -0.2) is 4.98 Å². The Kier molecular flexibility index (Phi) is 7.57. The van der Waals surface area contributed by atoms with Crippen LogP contribution >= 0.6 is 0 Å². The summed E-state index contributed by atoms with van der Waals surface area (Å²) in [5.74, 6) is 1.32. The zero-order valence-electron chi connectivity index (χ0n) is 18.9. The van der Waals surface area contributed by atoms with Gasteiger partial charge in [0.2, 0.25) is 0 Å². The predicted molar refractivity (Wildman–Crippen MR) is 126 cm³/mol. The first-order valence-corrected chi connectivity index (χ1v) is 11.1. The maximum atomic E-state index is 9.86. The highest BCUT2D eigenvalue weighted by molar-refractivity contribution is 5.66. The summed E-state index contributed by atoms with van der Waals surface area (Å²) in [4.78, 5) is 4.17. The highest BCUT2D eigenvalue weighted by Crippen LogP contribution is 2.25. The second-order valence-corrected chi connectivity index (χ2v) is 8.09. The van der Waals surface area contributed by atoms with E-state index in [0.29, 0.717) is 19.0 Å². The lowest BCUT2D eigenvalue weighted by atomic mass is 10.0. The molecule has 1 aromatic heterocycles. The molecule has 0 bridgehead atoms. The van der Waals surface area contributed by atoms with Crippen LogP contribution in [0.15, 0.2) is 67.0 Å². The van der Waals surface area contributed by atoms with Crippen LogP contribution in [0.2, 0.25) is 0 Å². The van der Waals surface area contributed by atoms with Crippen LogP contribution in [0.25, 0.3) is 17.2 Å². The fourth-order valence-corrected chi connectivity index (χ4v) is 3.92. The number of benzene rings is 2. The van der Waals surface area contributed by atoms with Crippen molar-refractivity contribution in [2.24, 2.45) is 0 Å². The summed E-state index contributed by atoms with van der Waals surface area (Å²) in [6.45, 7) is 2.67. The van der Waals surface area contributed by atoms with Crippen LogP contribution in [-0.4, -0.2) is 58.9 Å².